The smallest absolute Gasteiger partial charge is 0.268 e. The van der Waals surface area contributed by atoms with Crippen molar-refractivity contribution in [2.45, 2.75) is 11.8 Å². The van der Waals surface area contributed by atoms with Gasteiger partial charge in [-0.25, -0.2) is 12.4 Å². The van der Waals surface area contributed by atoms with E-state index in [0.29, 0.717) is 17.0 Å². The van der Waals surface area contributed by atoms with Crippen LogP contribution < -0.4 is 4.74 Å². The van der Waals surface area contributed by atoms with Crippen molar-refractivity contribution in [3.05, 3.63) is 90.6 Å². The molecule has 0 bridgehead atoms. The van der Waals surface area contributed by atoms with E-state index < -0.39 is 10.0 Å². The molecule has 1 heterocycles. The third-order valence-corrected chi connectivity index (χ3v) is 6.74. The number of methoxy groups -OCH3 is 1. The molecule has 0 radical (unpaired) electrons. The first-order valence-electron chi connectivity index (χ1n) is 9.20. The highest BCUT2D eigenvalue weighted by molar-refractivity contribution is 7.90. The van der Waals surface area contributed by atoms with Gasteiger partial charge in [-0.3, -0.25) is 0 Å². The number of aryl methyl sites for hydroxylation is 1. The highest BCUT2D eigenvalue weighted by Crippen LogP contribution is 2.41. The first-order valence-corrected chi connectivity index (χ1v) is 10.6. The molecule has 4 aromatic rings. The van der Waals surface area contributed by atoms with Crippen molar-refractivity contribution in [2.75, 3.05) is 7.11 Å². The summed E-state index contributed by atoms with van der Waals surface area (Å²) in [6, 6.07) is 21.9. The summed E-state index contributed by atoms with van der Waals surface area (Å²) in [4.78, 5) is 0.235. The van der Waals surface area contributed by atoms with E-state index in [4.69, 9.17) is 4.74 Å². The molecule has 0 unspecified atom stereocenters. The number of nitrogens with zero attached hydrogens (tertiary/aromatic N) is 1. The monoisotopic (exact) mass is 403 g/mol. The topological polar surface area (TPSA) is 48.3 Å². The number of ether oxygens (including phenoxy) is 1. The van der Waals surface area contributed by atoms with E-state index in [1.54, 1.807) is 37.5 Å². The number of fused-ring (bicyclic) bond motifs is 1. The molecule has 0 saturated carbocycles. The van der Waals surface area contributed by atoms with Gasteiger partial charge in [0, 0.05) is 16.5 Å². The molecule has 1 aromatic heterocycles. The summed E-state index contributed by atoms with van der Waals surface area (Å²) in [5.74, 6) is 0.672. The molecule has 29 heavy (non-hydrogen) atoms. The lowest BCUT2D eigenvalue weighted by atomic mass is 10.0. The van der Waals surface area contributed by atoms with Crippen LogP contribution in [0.5, 0.6) is 5.75 Å². The number of aromatic nitrogens is 1. The zero-order valence-corrected chi connectivity index (χ0v) is 17.1. The first-order chi connectivity index (χ1) is 14.0. The molecule has 0 amide bonds. The van der Waals surface area contributed by atoms with E-state index in [9.17, 15) is 8.42 Å². The van der Waals surface area contributed by atoms with E-state index in [-0.39, 0.29) is 4.90 Å². The van der Waals surface area contributed by atoms with Gasteiger partial charge in [0.15, 0.2) is 0 Å². The fourth-order valence-corrected chi connectivity index (χ4v) is 5.16. The Labute approximate surface area is 170 Å². The summed E-state index contributed by atoms with van der Waals surface area (Å²) in [5.41, 5.74) is 3.71. The van der Waals surface area contributed by atoms with Crippen LogP contribution in [0, 0.1) is 6.92 Å². The van der Waals surface area contributed by atoms with Crippen molar-refractivity contribution in [1.29, 1.82) is 0 Å². The van der Waals surface area contributed by atoms with Crippen molar-refractivity contribution in [3.8, 4) is 16.9 Å². The van der Waals surface area contributed by atoms with Gasteiger partial charge in [0.2, 0.25) is 0 Å². The predicted octanol–water partition coefficient (Wildman–Crippen LogP) is 5.51. The van der Waals surface area contributed by atoms with Crippen LogP contribution >= 0.6 is 0 Å². The van der Waals surface area contributed by atoms with E-state index in [2.05, 4.69) is 6.58 Å². The van der Waals surface area contributed by atoms with Gasteiger partial charge in [0.1, 0.15) is 5.75 Å². The molecule has 0 fully saturated rings. The zero-order chi connectivity index (χ0) is 20.6. The van der Waals surface area contributed by atoms with E-state index in [1.165, 1.54) is 3.97 Å². The minimum atomic E-state index is -3.83. The highest BCUT2D eigenvalue weighted by Gasteiger charge is 2.27. The van der Waals surface area contributed by atoms with Crippen LogP contribution in [0.4, 0.5) is 0 Å². The Morgan fingerprint density at radius 3 is 2.28 bits per heavy atom. The van der Waals surface area contributed by atoms with Gasteiger partial charge < -0.3 is 4.74 Å². The van der Waals surface area contributed by atoms with Crippen LogP contribution in [0.15, 0.2) is 84.3 Å². The van der Waals surface area contributed by atoms with Gasteiger partial charge >= 0.3 is 0 Å². The SMILES string of the molecule is C=Cc1c(-c2ccccc2OC)c2ccccc2n1S(=O)(=O)c1ccc(C)cc1. The molecule has 0 aliphatic carbocycles. The Morgan fingerprint density at radius 2 is 1.59 bits per heavy atom. The summed E-state index contributed by atoms with van der Waals surface area (Å²) in [7, 11) is -2.22. The standard InChI is InChI=1S/C24H21NO3S/c1-4-21-24(20-10-6-8-12-23(20)28-3)19-9-5-7-11-22(19)25(21)29(26,27)18-15-13-17(2)14-16-18/h4-16H,1H2,2-3H3. The highest BCUT2D eigenvalue weighted by atomic mass is 32.2. The van der Waals surface area contributed by atoms with Crippen molar-refractivity contribution in [3.63, 3.8) is 0 Å². The molecule has 0 aliphatic rings. The number of hydrogen-bond acceptors (Lipinski definition) is 3. The summed E-state index contributed by atoms with van der Waals surface area (Å²) >= 11 is 0. The first kappa shape index (κ1) is 19.0. The molecular formula is C24H21NO3S. The number of hydrogen-bond donors (Lipinski definition) is 0. The molecule has 0 N–H and O–H groups in total. The number of benzene rings is 3. The molecular weight excluding hydrogens is 382 g/mol. The van der Waals surface area contributed by atoms with Crippen LogP contribution in [-0.2, 0) is 10.0 Å². The largest absolute Gasteiger partial charge is 0.496 e. The van der Waals surface area contributed by atoms with Crippen molar-refractivity contribution in [2.24, 2.45) is 0 Å². The predicted molar refractivity (Wildman–Crippen MR) is 118 cm³/mol. The molecule has 0 spiro atoms. The van der Waals surface area contributed by atoms with E-state index in [1.807, 2.05) is 55.5 Å². The Balaban J connectivity index is 2.12. The molecule has 4 rings (SSSR count). The van der Waals surface area contributed by atoms with Gasteiger partial charge in [-0.2, -0.15) is 0 Å². The fourth-order valence-electron chi connectivity index (χ4n) is 3.63. The second-order valence-corrected chi connectivity index (χ2v) is 8.55. The average Bonchev–Trinajstić information content (AvgIpc) is 3.09. The zero-order valence-electron chi connectivity index (χ0n) is 16.3. The molecule has 5 heteroatoms. The van der Waals surface area contributed by atoms with Crippen LogP contribution in [0.2, 0.25) is 0 Å². The lowest BCUT2D eigenvalue weighted by Gasteiger charge is -2.12. The number of rotatable bonds is 5. The summed E-state index contributed by atoms with van der Waals surface area (Å²) in [5, 5.41) is 0.822. The van der Waals surface area contributed by atoms with E-state index >= 15 is 0 Å². The average molecular weight is 404 g/mol. The van der Waals surface area contributed by atoms with E-state index in [0.717, 1.165) is 22.1 Å². The van der Waals surface area contributed by atoms with Crippen LogP contribution in [0.3, 0.4) is 0 Å². The Hall–Kier alpha value is -3.31. The van der Waals surface area contributed by atoms with Crippen LogP contribution in [0.25, 0.3) is 28.1 Å². The van der Waals surface area contributed by atoms with Crippen LogP contribution in [0.1, 0.15) is 11.3 Å². The summed E-state index contributed by atoms with van der Waals surface area (Å²) in [6.07, 6.45) is 1.59. The molecule has 3 aromatic carbocycles. The Morgan fingerprint density at radius 1 is 0.931 bits per heavy atom. The minimum absolute atomic E-state index is 0.235. The Bertz CT molecular complexity index is 1320. The maximum atomic E-state index is 13.6. The molecule has 0 aliphatic heterocycles. The van der Waals surface area contributed by atoms with Gasteiger partial charge in [0.05, 0.1) is 23.2 Å². The normalized spacial score (nSPS) is 11.5. The lowest BCUT2D eigenvalue weighted by molar-refractivity contribution is 0.416. The second-order valence-electron chi connectivity index (χ2n) is 6.76. The van der Waals surface area contributed by atoms with Crippen LogP contribution in [-0.4, -0.2) is 19.5 Å². The van der Waals surface area contributed by atoms with Crippen molar-refractivity contribution >= 4 is 27.0 Å². The van der Waals surface area contributed by atoms with Crippen molar-refractivity contribution in [1.82, 2.24) is 3.97 Å². The van der Waals surface area contributed by atoms with Gasteiger partial charge in [-0.15, -0.1) is 0 Å². The summed E-state index contributed by atoms with van der Waals surface area (Å²) < 4.78 is 34.2. The van der Waals surface area contributed by atoms with Gasteiger partial charge in [-0.1, -0.05) is 60.7 Å². The molecule has 0 saturated heterocycles. The summed E-state index contributed by atoms with van der Waals surface area (Å²) in [6.45, 7) is 5.85. The van der Waals surface area contributed by atoms with Gasteiger partial charge in [-0.05, 0) is 37.3 Å². The fraction of sp³-hybridized carbons (Fsp3) is 0.0833. The third-order valence-electron chi connectivity index (χ3n) is 5.00. The molecule has 146 valence electrons. The number of para-hydroxylation sites is 2. The maximum Gasteiger partial charge on any atom is 0.268 e. The maximum absolute atomic E-state index is 13.6. The molecule has 0 atom stereocenters. The quantitative estimate of drug-likeness (QED) is 0.442. The third kappa shape index (κ3) is 3.04. The minimum Gasteiger partial charge on any atom is -0.496 e. The second kappa shape index (κ2) is 7.26. The lowest BCUT2D eigenvalue weighted by Crippen LogP contribution is -2.14. The van der Waals surface area contributed by atoms with Crippen molar-refractivity contribution < 1.29 is 13.2 Å². The van der Waals surface area contributed by atoms with Gasteiger partial charge in [0.25, 0.3) is 10.0 Å². The Kier molecular flexibility index (Phi) is 4.76. The molecule has 4 nitrogen and oxygen atoms in total.